The molecule has 7 heteroatoms. The fraction of sp³-hybridized carbons (Fsp3) is 0. The average molecular weight is 349 g/mol. The largest absolute Gasteiger partial charge is 0.409 e. The number of carbonyl (C=O) groups excluding carboxylic acids is 1. The van der Waals surface area contributed by atoms with Crippen LogP contribution in [0.4, 0.5) is 16.2 Å². The summed E-state index contributed by atoms with van der Waals surface area (Å²) in [4.78, 5) is 12.0. The lowest BCUT2D eigenvalue weighted by atomic mass is 10.1. The molecular formula is C14H13BrN4O2. The fourth-order valence-corrected chi connectivity index (χ4v) is 2.06. The van der Waals surface area contributed by atoms with E-state index in [-0.39, 0.29) is 5.84 Å². The molecule has 0 radical (unpaired) electrons. The average Bonchev–Trinajstić information content (AvgIpc) is 2.47. The van der Waals surface area contributed by atoms with Crippen LogP contribution in [0.25, 0.3) is 0 Å². The molecular weight excluding hydrogens is 336 g/mol. The van der Waals surface area contributed by atoms with E-state index < -0.39 is 6.03 Å². The molecule has 0 aliphatic heterocycles. The Kier molecular flexibility index (Phi) is 4.78. The predicted molar refractivity (Wildman–Crippen MR) is 85.7 cm³/mol. The SMILES string of the molecule is N/C(=N/O)c1ccc(Br)cc1NC(=O)Nc1ccccc1. The first kappa shape index (κ1) is 14.9. The molecule has 2 rings (SSSR count). The van der Waals surface area contributed by atoms with Crippen molar-refractivity contribution in [1.82, 2.24) is 0 Å². The first-order valence-corrected chi connectivity index (χ1v) is 6.80. The van der Waals surface area contributed by atoms with Crippen molar-refractivity contribution in [3.63, 3.8) is 0 Å². The number of para-hydroxylation sites is 1. The normalized spacial score (nSPS) is 11.0. The van der Waals surface area contributed by atoms with E-state index >= 15 is 0 Å². The number of nitrogens with one attached hydrogen (secondary N) is 2. The van der Waals surface area contributed by atoms with E-state index in [0.717, 1.165) is 4.47 Å². The Labute approximate surface area is 129 Å². The molecule has 2 aromatic carbocycles. The number of amidine groups is 1. The third kappa shape index (κ3) is 3.96. The van der Waals surface area contributed by atoms with Gasteiger partial charge in [-0.2, -0.15) is 0 Å². The molecule has 108 valence electrons. The van der Waals surface area contributed by atoms with E-state index in [2.05, 4.69) is 31.7 Å². The zero-order valence-electron chi connectivity index (χ0n) is 10.9. The Balaban J connectivity index is 2.19. The zero-order chi connectivity index (χ0) is 15.2. The number of halogens is 1. The van der Waals surface area contributed by atoms with Gasteiger partial charge in [-0.3, -0.25) is 0 Å². The summed E-state index contributed by atoms with van der Waals surface area (Å²) in [6.07, 6.45) is 0. The molecule has 5 N–H and O–H groups in total. The second kappa shape index (κ2) is 6.76. The fourth-order valence-electron chi connectivity index (χ4n) is 1.70. The molecule has 6 nitrogen and oxygen atoms in total. The van der Waals surface area contributed by atoms with E-state index in [1.165, 1.54) is 0 Å². The van der Waals surface area contributed by atoms with Crippen molar-refractivity contribution in [2.75, 3.05) is 10.6 Å². The third-order valence-corrected chi connectivity index (χ3v) is 3.14. The summed E-state index contributed by atoms with van der Waals surface area (Å²) in [5, 5.41) is 17.1. The highest BCUT2D eigenvalue weighted by Gasteiger charge is 2.11. The van der Waals surface area contributed by atoms with Gasteiger partial charge in [0.05, 0.1) is 5.69 Å². The van der Waals surface area contributed by atoms with Crippen LogP contribution in [0.5, 0.6) is 0 Å². The Bertz CT molecular complexity index is 674. The maximum atomic E-state index is 12.0. The second-order valence-corrected chi connectivity index (χ2v) is 5.04. The molecule has 0 saturated heterocycles. The van der Waals surface area contributed by atoms with E-state index in [4.69, 9.17) is 10.9 Å². The van der Waals surface area contributed by atoms with Gasteiger partial charge in [0.25, 0.3) is 0 Å². The van der Waals surface area contributed by atoms with Gasteiger partial charge in [0.1, 0.15) is 0 Å². The number of hydrogen-bond donors (Lipinski definition) is 4. The number of amides is 2. The minimum Gasteiger partial charge on any atom is -0.409 e. The van der Waals surface area contributed by atoms with Crippen LogP contribution in [0.3, 0.4) is 0 Å². The number of urea groups is 1. The van der Waals surface area contributed by atoms with Gasteiger partial charge < -0.3 is 21.6 Å². The van der Waals surface area contributed by atoms with Gasteiger partial charge in [-0.15, -0.1) is 0 Å². The van der Waals surface area contributed by atoms with Crippen molar-refractivity contribution in [2.24, 2.45) is 10.9 Å². The molecule has 0 heterocycles. The molecule has 0 atom stereocenters. The second-order valence-electron chi connectivity index (χ2n) is 4.12. The van der Waals surface area contributed by atoms with Crippen LogP contribution < -0.4 is 16.4 Å². The van der Waals surface area contributed by atoms with E-state index in [1.807, 2.05) is 18.2 Å². The third-order valence-electron chi connectivity index (χ3n) is 2.65. The molecule has 0 fully saturated rings. The van der Waals surface area contributed by atoms with Gasteiger partial charge in [0, 0.05) is 15.7 Å². The molecule has 21 heavy (non-hydrogen) atoms. The quantitative estimate of drug-likeness (QED) is 0.296. The maximum absolute atomic E-state index is 12.0. The molecule has 0 unspecified atom stereocenters. The molecule has 2 amide bonds. The van der Waals surface area contributed by atoms with E-state index in [0.29, 0.717) is 16.9 Å². The van der Waals surface area contributed by atoms with E-state index in [1.54, 1.807) is 30.3 Å². The van der Waals surface area contributed by atoms with Crippen LogP contribution in [0.2, 0.25) is 0 Å². The van der Waals surface area contributed by atoms with Crippen molar-refractivity contribution >= 4 is 39.2 Å². The number of hydrogen-bond acceptors (Lipinski definition) is 3. The minimum absolute atomic E-state index is 0.0856. The number of anilines is 2. The van der Waals surface area contributed by atoms with Crippen molar-refractivity contribution in [2.45, 2.75) is 0 Å². The molecule has 0 aromatic heterocycles. The van der Waals surface area contributed by atoms with Gasteiger partial charge in [0.15, 0.2) is 5.84 Å². The zero-order valence-corrected chi connectivity index (χ0v) is 12.5. The lowest BCUT2D eigenvalue weighted by molar-refractivity contribution is 0.262. The number of benzene rings is 2. The number of oxime groups is 1. The topological polar surface area (TPSA) is 99.7 Å². The van der Waals surface area contributed by atoms with Gasteiger partial charge in [0.2, 0.25) is 0 Å². The van der Waals surface area contributed by atoms with Crippen LogP contribution in [-0.4, -0.2) is 17.1 Å². The van der Waals surface area contributed by atoms with Crippen molar-refractivity contribution in [1.29, 1.82) is 0 Å². The number of carbonyl (C=O) groups is 1. The summed E-state index contributed by atoms with van der Waals surface area (Å²) in [6.45, 7) is 0. The van der Waals surface area contributed by atoms with Crippen LogP contribution in [0.1, 0.15) is 5.56 Å². The van der Waals surface area contributed by atoms with Crippen LogP contribution >= 0.6 is 15.9 Å². The molecule has 0 saturated carbocycles. The van der Waals surface area contributed by atoms with Crippen LogP contribution in [-0.2, 0) is 0 Å². The maximum Gasteiger partial charge on any atom is 0.323 e. The monoisotopic (exact) mass is 348 g/mol. The van der Waals surface area contributed by atoms with Crippen LogP contribution in [0.15, 0.2) is 58.2 Å². The number of nitrogens with zero attached hydrogens (tertiary/aromatic N) is 1. The molecule has 0 bridgehead atoms. The summed E-state index contributed by atoms with van der Waals surface area (Å²) in [6, 6.07) is 13.6. The first-order chi connectivity index (χ1) is 10.1. The Morgan fingerprint density at radius 2 is 1.86 bits per heavy atom. The number of nitrogens with two attached hydrogens (primary N) is 1. The summed E-state index contributed by atoms with van der Waals surface area (Å²) in [5.41, 5.74) is 7.09. The molecule has 0 aliphatic carbocycles. The van der Waals surface area contributed by atoms with E-state index in [9.17, 15) is 4.79 Å². The Hall–Kier alpha value is -2.54. The summed E-state index contributed by atoms with van der Waals surface area (Å²) >= 11 is 3.31. The van der Waals surface area contributed by atoms with Gasteiger partial charge >= 0.3 is 6.03 Å². The Morgan fingerprint density at radius 1 is 1.14 bits per heavy atom. The highest BCUT2D eigenvalue weighted by Crippen LogP contribution is 2.21. The molecule has 0 spiro atoms. The van der Waals surface area contributed by atoms with Crippen molar-refractivity contribution in [3.8, 4) is 0 Å². The van der Waals surface area contributed by atoms with Crippen molar-refractivity contribution in [3.05, 3.63) is 58.6 Å². The van der Waals surface area contributed by atoms with Crippen molar-refractivity contribution < 1.29 is 10.0 Å². The van der Waals surface area contributed by atoms with Crippen LogP contribution in [0, 0.1) is 0 Å². The summed E-state index contributed by atoms with van der Waals surface area (Å²) < 4.78 is 0.756. The van der Waals surface area contributed by atoms with Gasteiger partial charge in [-0.25, -0.2) is 4.79 Å². The summed E-state index contributed by atoms with van der Waals surface area (Å²) in [5.74, 6) is -0.0856. The molecule has 2 aromatic rings. The predicted octanol–water partition coefficient (Wildman–Crippen LogP) is 3.19. The molecule has 0 aliphatic rings. The first-order valence-electron chi connectivity index (χ1n) is 6.00. The highest BCUT2D eigenvalue weighted by atomic mass is 79.9. The minimum atomic E-state index is -0.425. The standard InChI is InChI=1S/C14H13BrN4O2/c15-9-6-7-11(13(16)19-21)12(8-9)18-14(20)17-10-4-2-1-3-5-10/h1-8,21H,(H2,16,19)(H2,17,18,20). The Morgan fingerprint density at radius 3 is 2.52 bits per heavy atom. The van der Waals surface area contributed by atoms with Gasteiger partial charge in [-0.1, -0.05) is 39.3 Å². The lowest BCUT2D eigenvalue weighted by Crippen LogP contribution is -2.23. The number of rotatable bonds is 3. The summed E-state index contributed by atoms with van der Waals surface area (Å²) in [7, 11) is 0. The smallest absolute Gasteiger partial charge is 0.323 e. The highest BCUT2D eigenvalue weighted by molar-refractivity contribution is 9.10. The lowest BCUT2D eigenvalue weighted by Gasteiger charge is -2.11. The van der Waals surface area contributed by atoms with Gasteiger partial charge in [-0.05, 0) is 30.3 Å².